The minimum Gasteiger partial charge on any atom is -0.462 e. The molecular weight excluding hydrogens is 428 g/mol. The fourth-order valence-corrected chi connectivity index (χ4v) is 7.73. The largest absolute Gasteiger partial charge is 0.462 e. The third kappa shape index (κ3) is 3.36. The molecule has 5 rings (SSSR count). The minimum absolute atomic E-state index is 0.0136. The van der Waals surface area contributed by atoms with Gasteiger partial charge in [0.2, 0.25) is 0 Å². The van der Waals surface area contributed by atoms with Gasteiger partial charge in [-0.3, -0.25) is 14.4 Å². The summed E-state index contributed by atoms with van der Waals surface area (Å²) >= 11 is 0. The van der Waals surface area contributed by atoms with Crippen LogP contribution in [0.25, 0.3) is 0 Å². The topological polar surface area (TPSA) is 69.7 Å². The number of carbonyl (C=O) groups excluding carboxylic acids is 3. The molecule has 34 heavy (non-hydrogen) atoms. The molecule has 0 aliphatic heterocycles. The van der Waals surface area contributed by atoms with Crippen molar-refractivity contribution in [1.29, 1.82) is 0 Å². The zero-order valence-corrected chi connectivity index (χ0v) is 21.2. The van der Waals surface area contributed by atoms with E-state index in [9.17, 15) is 14.4 Å². The highest BCUT2D eigenvalue weighted by molar-refractivity contribution is 6.00. The summed E-state index contributed by atoms with van der Waals surface area (Å²) < 4.78 is 12.7. The molecule has 5 fully saturated rings. The van der Waals surface area contributed by atoms with Crippen LogP contribution >= 0.6 is 0 Å². The summed E-state index contributed by atoms with van der Waals surface area (Å²) in [6, 6.07) is 0. The molecule has 8 atom stereocenters. The van der Waals surface area contributed by atoms with E-state index in [0.29, 0.717) is 18.4 Å². The van der Waals surface area contributed by atoms with Gasteiger partial charge in [-0.1, -0.05) is 40.3 Å². The first kappa shape index (κ1) is 23.8. The van der Waals surface area contributed by atoms with Crippen LogP contribution in [0.1, 0.15) is 79.1 Å². The highest BCUT2D eigenvalue weighted by Gasteiger charge is 2.70. The minimum atomic E-state index is -0.582. The zero-order chi connectivity index (χ0) is 24.6. The molecule has 5 nitrogen and oxygen atoms in total. The van der Waals surface area contributed by atoms with Gasteiger partial charge in [0.15, 0.2) is 5.78 Å². The van der Waals surface area contributed by atoms with Crippen molar-refractivity contribution in [2.75, 3.05) is 0 Å². The predicted molar refractivity (Wildman–Crippen MR) is 128 cm³/mol. The van der Waals surface area contributed by atoms with Crippen LogP contribution in [0, 0.1) is 45.8 Å². The Hall–Kier alpha value is -1.91. The lowest BCUT2D eigenvalue weighted by atomic mass is 9.44. The molecule has 5 aliphatic carbocycles. The number of hydrogen-bond acceptors (Lipinski definition) is 5. The van der Waals surface area contributed by atoms with E-state index < -0.39 is 23.0 Å². The number of esters is 2. The van der Waals surface area contributed by atoms with Crippen LogP contribution in [0.2, 0.25) is 0 Å². The van der Waals surface area contributed by atoms with E-state index >= 15 is 0 Å². The van der Waals surface area contributed by atoms with Crippen molar-refractivity contribution in [1.82, 2.24) is 0 Å². The predicted octanol–water partition coefficient (Wildman–Crippen LogP) is 5.43. The highest BCUT2D eigenvalue weighted by Crippen LogP contribution is 2.69. The van der Waals surface area contributed by atoms with Gasteiger partial charge < -0.3 is 9.47 Å². The van der Waals surface area contributed by atoms with Crippen LogP contribution in [-0.4, -0.2) is 29.9 Å². The van der Waals surface area contributed by atoms with Crippen LogP contribution in [0.15, 0.2) is 24.8 Å². The fourth-order valence-electron chi connectivity index (χ4n) is 7.73. The van der Waals surface area contributed by atoms with Crippen LogP contribution in [0.4, 0.5) is 0 Å². The second-order valence-electron chi connectivity index (χ2n) is 12.7. The Morgan fingerprint density at radius 1 is 1.00 bits per heavy atom. The van der Waals surface area contributed by atoms with E-state index in [-0.39, 0.29) is 52.7 Å². The van der Waals surface area contributed by atoms with E-state index in [0.717, 1.165) is 38.5 Å². The van der Waals surface area contributed by atoms with Gasteiger partial charge in [-0.05, 0) is 68.3 Å². The second kappa shape index (κ2) is 7.80. The maximum atomic E-state index is 13.8. The third-order valence-corrected chi connectivity index (χ3v) is 10.6. The van der Waals surface area contributed by atoms with Crippen molar-refractivity contribution in [3.05, 3.63) is 24.8 Å². The van der Waals surface area contributed by atoms with E-state index in [2.05, 4.69) is 40.9 Å². The average molecular weight is 469 g/mol. The lowest BCUT2D eigenvalue weighted by Crippen LogP contribution is -2.63. The SMILES string of the molecule is C=C[C@]1(C)C[C@@H](OC(=O)C2CC2)[C@]2(C)[C@H](C)CC[C@]3(CC(=C)C(=O)[C@H]32)[C@@H](C)[C@@H]1OC(=O)C1CC1. The van der Waals surface area contributed by atoms with Gasteiger partial charge in [0.25, 0.3) is 0 Å². The highest BCUT2D eigenvalue weighted by atomic mass is 16.6. The van der Waals surface area contributed by atoms with Crippen LogP contribution in [0.5, 0.6) is 0 Å². The van der Waals surface area contributed by atoms with Gasteiger partial charge in [0, 0.05) is 22.7 Å². The van der Waals surface area contributed by atoms with Gasteiger partial charge in [-0.25, -0.2) is 0 Å². The third-order valence-electron chi connectivity index (χ3n) is 10.6. The van der Waals surface area contributed by atoms with E-state index in [1.165, 1.54) is 0 Å². The van der Waals surface area contributed by atoms with Crippen molar-refractivity contribution in [3.8, 4) is 0 Å². The first-order chi connectivity index (χ1) is 16.0. The second-order valence-corrected chi connectivity index (χ2v) is 12.7. The molecule has 0 heterocycles. The van der Waals surface area contributed by atoms with Crippen LogP contribution < -0.4 is 0 Å². The molecule has 0 spiro atoms. The summed E-state index contributed by atoms with van der Waals surface area (Å²) in [5, 5.41) is 0. The number of ketones is 1. The molecule has 5 aliphatic rings. The Morgan fingerprint density at radius 2 is 1.59 bits per heavy atom. The summed E-state index contributed by atoms with van der Waals surface area (Å²) in [4.78, 5) is 39.8. The average Bonchev–Trinajstić information content (AvgIpc) is 3.70. The van der Waals surface area contributed by atoms with Crippen molar-refractivity contribution in [2.24, 2.45) is 45.8 Å². The number of hydrogen-bond donors (Lipinski definition) is 0. The van der Waals surface area contributed by atoms with Gasteiger partial charge >= 0.3 is 11.9 Å². The van der Waals surface area contributed by atoms with E-state index in [4.69, 9.17) is 9.47 Å². The van der Waals surface area contributed by atoms with Crippen LogP contribution in [-0.2, 0) is 23.9 Å². The van der Waals surface area contributed by atoms with Crippen molar-refractivity contribution < 1.29 is 23.9 Å². The number of rotatable bonds is 5. The Balaban J connectivity index is 1.65. The molecule has 0 radical (unpaired) electrons. The molecule has 2 bridgehead atoms. The number of carbonyl (C=O) groups is 3. The quantitative estimate of drug-likeness (QED) is 0.306. The summed E-state index contributed by atoms with van der Waals surface area (Å²) in [6.07, 6.45) is 7.47. The number of Topliss-reactive ketones (excluding diaryl/α,β-unsaturated/α-hetero) is 1. The van der Waals surface area contributed by atoms with Crippen molar-refractivity contribution >= 4 is 17.7 Å². The number of allylic oxidation sites excluding steroid dienone is 1. The lowest BCUT2D eigenvalue weighted by molar-refractivity contribution is -0.214. The first-order valence-corrected chi connectivity index (χ1v) is 13.2. The molecular formula is C29H40O5. The lowest BCUT2D eigenvalue weighted by Gasteiger charge is -2.62. The van der Waals surface area contributed by atoms with Gasteiger partial charge in [0.05, 0.1) is 11.8 Å². The summed E-state index contributed by atoms with van der Waals surface area (Å²) in [6.45, 7) is 17.0. The summed E-state index contributed by atoms with van der Waals surface area (Å²) in [7, 11) is 0. The van der Waals surface area contributed by atoms with Gasteiger partial charge in [0.1, 0.15) is 12.2 Å². The molecule has 186 valence electrons. The normalized spacial score (nSPS) is 46.2. The van der Waals surface area contributed by atoms with Crippen molar-refractivity contribution in [3.63, 3.8) is 0 Å². The zero-order valence-electron chi connectivity index (χ0n) is 21.2. The molecule has 0 aromatic carbocycles. The Labute approximate surface area is 203 Å². The first-order valence-electron chi connectivity index (χ1n) is 13.2. The summed E-state index contributed by atoms with van der Waals surface area (Å²) in [5.74, 6) is -0.333. The molecule has 0 saturated heterocycles. The Kier molecular flexibility index (Phi) is 5.46. The monoisotopic (exact) mass is 468 g/mol. The van der Waals surface area contributed by atoms with Crippen LogP contribution in [0.3, 0.4) is 0 Å². The summed E-state index contributed by atoms with van der Waals surface area (Å²) in [5.41, 5.74) is -0.789. The Morgan fingerprint density at radius 3 is 2.15 bits per heavy atom. The molecule has 5 heteroatoms. The van der Waals surface area contributed by atoms with Crippen molar-refractivity contribution in [2.45, 2.75) is 91.3 Å². The van der Waals surface area contributed by atoms with Gasteiger partial charge in [-0.2, -0.15) is 0 Å². The maximum Gasteiger partial charge on any atom is 0.309 e. The maximum absolute atomic E-state index is 13.8. The van der Waals surface area contributed by atoms with E-state index in [1.807, 2.05) is 6.08 Å². The number of ether oxygens (including phenoxy) is 2. The molecule has 0 N–H and O–H groups in total. The van der Waals surface area contributed by atoms with Gasteiger partial charge in [-0.15, -0.1) is 6.58 Å². The Bertz CT molecular complexity index is 944. The standard InChI is InChI=1S/C29H40O5/c1-7-27(5)15-21(33-25(31)19-8-9-19)28(6)17(3)12-13-29(14-16(2)22(30)23(28)29)18(4)24(27)34-26(32)20-10-11-20/h7,17-21,23-24H,1-2,8-15H2,3-6H3/t17-,18+,21-,23+,24+,27-,28+,29+/m1/s1. The molecule has 0 aromatic rings. The fraction of sp³-hybridized carbons (Fsp3) is 0.759. The molecule has 0 unspecified atom stereocenters. The molecule has 0 aromatic heterocycles. The molecule has 5 saturated carbocycles. The smallest absolute Gasteiger partial charge is 0.309 e. The molecule has 0 amide bonds. The van der Waals surface area contributed by atoms with E-state index in [1.54, 1.807) is 0 Å².